The third-order valence-corrected chi connectivity index (χ3v) is 2.54. The molecule has 0 fully saturated rings. The Morgan fingerprint density at radius 2 is 1.33 bits per heavy atom. The molecule has 86 valence electrons. The number of hydrogen-bond acceptors (Lipinski definition) is 4. The van der Waals surface area contributed by atoms with Crippen molar-refractivity contribution in [3.8, 4) is 0 Å². The fourth-order valence-corrected chi connectivity index (χ4v) is 1.62. The van der Waals surface area contributed by atoms with Gasteiger partial charge in [0.15, 0.2) is 0 Å². The second-order valence-electron chi connectivity index (χ2n) is 3.50. The van der Waals surface area contributed by atoms with Gasteiger partial charge in [-0.15, -0.1) is 0 Å². The Morgan fingerprint density at radius 1 is 0.867 bits per heavy atom. The van der Waals surface area contributed by atoms with Gasteiger partial charge in [0.1, 0.15) is 0 Å². The van der Waals surface area contributed by atoms with Crippen molar-refractivity contribution in [3.63, 3.8) is 0 Å². The number of rotatable bonds is 10. The van der Waals surface area contributed by atoms with Crippen LogP contribution in [-0.4, -0.2) is 6.61 Å². The predicted octanol–water partition coefficient (Wildman–Crippen LogP) is 0.372. The minimum absolute atomic E-state index is 0. The van der Waals surface area contributed by atoms with Crippen LogP contribution in [0, 0.1) is 0 Å². The second-order valence-corrected chi connectivity index (χ2v) is 4.14. The van der Waals surface area contributed by atoms with Crippen LogP contribution in [0.2, 0.25) is 0 Å². The molecule has 0 aliphatic carbocycles. The summed E-state index contributed by atoms with van der Waals surface area (Å²) in [5.41, 5.74) is 0. The van der Waals surface area contributed by atoms with Gasteiger partial charge in [0.05, 0.1) is 11.0 Å². The van der Waals surface area contributed by atoms with Crippen LogP contribution in [0.25, 0.3) is 0 Å². The van der Waals surface area contributed by atoms with E-state index in [1.54, 1.807) is 0 Å². The Bertz CT molecular complexity index is 176. The topological polar surface area (TPSA) is 43.4 Å². The van der Waals surface area contributed by atoms with E-state index in [0.29, 0.717) is 6.61 Å². The Hall–Kier alpha value is 1.55. The monoisotopic (exact) mass is 260 g/mol. The zero-order valence-electron chi connectivity index (χ0n) is 10.00. The average molecular weight is 260 g/mol. The normalized spacial score (nSPS) is 10.3. The molecule has 15 heavy (non-hydrogen) atoms. The van der Waals surface area contributed by atoms with Crippen molar-refractivity contribution in [1.82, 2.24) is 0 Å². The molecule has 0 N–H and O–H groups in total. The quantitative estimate of drug-likeness (QED) is 0.324. The molecule has 0 aliphatic rings. The zero-order chi connectivity index (χ0) is 10.6. The maximum Gasteiger partial charge on any atom is 1.00 e. The minimum Gasteiger partial charge on any atom is -0.424 e. The van der Waals surface area contributed by atoms with Crippen molar-refractivity contribution in [2.24, 2.45) is 0 Å². The minimum atomic E-state index is -2.33. The van der Waals surface area contributed by atoms with Gasteiger partial charge in [-0.3, -0.25) is 0 Å². The van der Waals surface area contributed by atoms with Crippen molar-refractivity contribution in [1.29, 1.82) is 0 Å². The summed E-state index contributed by atoms with van der Waals surface area (Å²) < 4.78 is 24.4. The average Bonchev–Trinajstić information content (AvgIpc) is 2.15. The molecule has 0 radical (unpaired) electrons. The van der Waals surface area contributed by atoms with Crippen molar-refractivity contribution < 1.29 is 64.0 Å². The summed E-state index contributed by atoms with van der Waals surface area (Å²) in [5.74, 6) is 0. The van der Waals surface area contributed by atoms with Gasteiger partial charge >= 0.3 is 51.4 Å². The molecule has 3 nitrogen and oxygen atoms in total. The van der Waals surface area contributed by atoms with Gasteiger partial charge in [-0.05, 0) is 6.42 Å². The van der Waals surface area contributed by atoms with Crippen molar-refractivity contribution in [2.75, 3.05) is 6.61 Å². The first kappa shape index (κ1) is 18.9. The summed E-state index contributed by atoms with van der Waals surface area (Å²) >= 11 is 0. The van der Waals surface area contributed by atoms with Crippen LogP contribution in [0.1, 0.15) is 58.3 Å². The van der Waals surface area contributed by atoms with Crippen molar-refractivity contribution in [3.05, 3.63) is 0 Å². The summed E-state index contributed by atoms with van der Waals surface area (Å²) in [7, 11) is -2.33. The standard InChI is InChI=1S/C10H21O3S.K/c1-2-3-4-5-6-7-8-9-10-13-14(11)12;/h2-10H2,1H3;/q-1;+1. The molecule has 0 heterocycles. The third kappa shape index (κ3) is 18.1. The number of hydrogen-bond donors (Lipinski definition) is 0. The summed E-state index contributed by atoms with van der Waals surface area (Å²) in [6.07, 6.45) is 9.63. The number of unbranched alkanes of at least 4 members (excludes halogenated alkanes) is 7. The summed E-state index contributed by atoms with van der Waals surface area (Å²) in [6.45, 7) is 2.55. The Kier molecular flexibility index (Phi) is 19.6. The third-order valence-electron chi connectivity index (χ3n) is 2.18. The fraction of sp³-hybridized carbons (Fsp3) is 1.00. The van der Waals surface area contributed by atoms with Gasteiger partial charge in [-0.2, -0.15) is 0 Å². The van der Waals surface area contributed by atoms with E-state index in [9.17, 15) is 8.42 Å². The Morgan fingerprint density at radius 3 is 1.80 bits per heavy atom. The van der Waals surface area contributed by atoms with E-state index < -0.39 is 11.0 Å². The molecule has 0 amide bonds. The largest absolute Gasteiger partial charge is 1.00 e. The summed E-state index contributed by atoms with van der Waals surface area (Å²) in [6, 6.07) is 0. The molecule has 0 unspecified atom stereocenters. The van der Waals surface area contributed by atoms with Gasteiger partial charge in [0, 0.05) is 6.61 Å². The van der Waals surface area contributed by atoms with Crippen LogP contribution in [0.3, 0.4) is 0 Å². The van der Waals surface area contributed by atoms with E-state index >= 15 is 0 Å². The van der Waals surface area contributed by atoms with Gasteiger partial charge in [-0.25, -0.2) is 0 Å². The molecule has 0 aromatic heterocycles. The molecular weight excluding hydrogens is 239 g/mol. The van der Waals surface area contributed by atoms with E-state index in [0.717, 1.165) is 12.8 Å². The first-order chi connectivity index (χ1) is 6.77. The van der Waals surface area contributed by atoms with Crippen LogP contribution in [-0.2, 0) is 23.6 Å². The molecule has 0 spiro atoms. The van der Waals surface area contributed by atoms with Crippen LogP contribution >= 0.6 is 0 Å². The van der Waals surface area contributed by atoms with Gasteiger partial charge in [-0.1, -0.05) is 51.9 Å². The molecule has 0 aliphatic heterocycles. The summed E-state index contributed by atoms with van der Waals surface area (Å²) in [4.78, 5) is 0. The molecule has 0 bridgehead atoms. The van der Waals surface area contributed by atoms with Gasteiger partial charge in [0.25, 0.3) is 0 Å². The molecule has 5 heteroatoms. The molecule has 0 aromatic carbocycles. The molecule has 0 atom stereocenters. The van der Waals surface area contributed by atoms with E-state index in [4.69, 9.17) is 0 Å². The molecule has 0 saturated carbocycles. The van der Waals surface area contributed by atoms with E-state index in [1.165, 1.54) is 38.5 Å². The van der Waals surface area contributed by atoms with Crippen molar-refractivity contribution >= 4 is 11.0 Å². The van der Waals surface area contributed by atoms with Crippen LogP contribution in [0.15, 0.2) is 0 Å². The van der Waals surface area contributed by atoms with E-state index in [2.05, 4.69) is 11.1 Å². The van der Waals surface area contributed by atoms with E-state index in [1.807, 2.05) is 0 Å². The molecule has 0 aromatic rings. The molecular formula is C10H21KO3S. The second kappa shape index (κ2) is 15.5. The van der Waals surface area contributed by atoms with Crippen molar-refractivity contribution in [2.45, 2.75) is 58.3 Å². The first-order valence-electron chi connectivity index (χ1n) is 5.50. The fourth-order valence-electron chi connectivity index (χ4n) is 1.36. The Balaban J connectivity index is 0. The summed E-state index contributed by atoms with van der Waals surface area (Å²) in [5, 5.41) is 0. The van der Waals surface area contributed by atoms with Crippen LogP contribution in [0.5, 0.6) is 0 Å². The smallest absolute Gasteiger partial charge is 0.424 e. The van der Waals surface area contributed by atoms with Crippen LogP contribution < -0.4 is 51.4 Å². The SMILES string of the molecule is CCCCCCCCCCO[S-](=O)=O.[K+]. The van der Waals surface area contributed by atoms with E-state index in [-0.39, 0.29) is 51.4 Å². The Labute approximate surface area is 138 Å². The molecule has 0 saturated heterocycles. The zero-order valence-corrected chi connectivity index (χ0v) is 13.9. The predicted molar refractivity (Wildman–Crippen MR) is 57.3 cm³/mol. The van der Waals surface area contributed by atoms with Gasteiger partial charge < -0.3 is 12.6 Å². The van der Waals surface area contributed by atoms with Gasteiger partial charge in [0.2, 0.25) is 0 Å². The maximum atomic E-state index is 9.98. The first-order valence-corrected chi connectivity index (χ1v) is 6.50. The molecule has 0 rings (SSSR count). The maximum absolute atomic E-state index is 9.98. The van der Waals surface area contributed by atoms with Crippen LogP contribution in [0.4, 0.5) is 0 Å².